The molecule has 0 saturated heterocycles. The maximum atomic E-state index is 12.4. The lowest BCUT2D eigenvalue weighted by atomic mass is 10.1. The molecule has 0 atom stereocenters. The summed E-state index contributed by atoms with van der Waals surface area (Å²) in [6, 6.07) is 0.573. The Labute approximate surface area is 102 Å². The van der Waals surface area contributed by atoms with Gasteiger partial charge in [-0.1, -0.05) is 0 Å². The van der Waals surface area contributed by atoms with E-state index in [9.17, 15) is 18.0 Å². The summed E-state index contributed by atoms with van der Waals surface area (Å²) in [6.45, 7) is 5.24. The second-order valence-electron chi connectivity index (χ2n) is 4.80. The summed E-state index contributed by atoms with van der Waals surface area (Å²) in [6.07, 6.45) is -4.00. The van der Waals surface area contributed by atoms with Crippen LogP contribution in [-0.2, 0) is 6.18 Å². The van der Waals surface area contributed by atoms with Crippen molar-refractivity contribution in [2.75, 3.05) is 5.32 Å². The van der Waals surface area contributed by atoms with Crippen LogP contribution in [0.15, 0.2) is 12.3 Å². The van der Waals surface area contributed by atoms with E-state index in [2.05, 4.69) is 10.3 Å². The van der Waals surface area contributed by atoms with Crippen molar-refractivity contribution in [1.82, 2.24) is 4.98 Å². The van der Waals surface area contributed by atoms with Crippen molar-refractivity contribution in [3.8, 4) is 0 Å². The lowest BCUT2D eigenvalue weighted by Crippen LogP contribution is -2.28. The fourth-order valence-electron chi connectivity index (χ4n) is 1.24. The van der Waals surface area contributed by atoms with Crippen LogP contribution < -0.4 is 5.32 Å². The van der Waals surface area contributed by atoms with E-state index in [4.69, 9.17) is 5.11 Å². The fraction of sp³-hybridized carbons (Fsp3) is 0.455. The summed E-state index contributed by atoms with van der Waals surface area (Å²) in [5, 5.41) is 11.7. The first-order valence-electron chi connectivity index (χ1n) is 5.09. The number of halogens is 3. The molecule has 1 aromatic rings. The van der Waals surface area contributed by atoms with Gasteiger partial charge in [0.1, 0.15) is 11.4 Å². The summed E-state index contributed by atoms with van der Waals surface area (Å²) in [4.78, 5) is 14.5. The van der Waals surface area contributed by atoms with Crippen molar-refractivity contribution < 1.29 is 23.1 Å². The van der Waals surface area contributed by atoms with Gasteiger partial charge in [-0.15, -0.1) is 0 Å². The lowest BCUT2D eigenvalue weighted by Gasteiger charge is -2.22. The van der Waals surface area contributed by atoms with Gasteiger partial charge in [0.25, 0.3) is 0 Å². The van der Waals surface area contributed by atoms with Gasteiger partial charge >= 0.3 is 12.1 Å². The Balaban J connectivity index is 3.26. The van der Waals surface area contributed by atoms with Crippen LogP contribution in [0.3, 0.4) is 0 Å². The zero-order valence-electron chi connectivity index (χ0n) is 10.1. The molecule has 100 valence electrons. The van der Waals surface area contributed by atoms with Crippen molar-refractivity contribution >= 4 is 11.8 Å². The Morgan fingerprint density at radius 3 is 2.28 bits per heavy atom. The number of anilines is 1. The van der Waals surface area contributed by atoms with Crippen molar-refractivity contribution in [3.63, 3.8) is 0 Å². The third kappa shape index (κ3) is 3.61. The van der Waals surface area contributed by atoms with Gasteiger partial charge in [-0.05, 0) is 26.8 Å². The molecule has 0 bridgehead atoms. The average molecular weight is 262 g/mol. The zero-order chi connectivity index (χ0) is 14.1. The van der Waals surface area contributed by atoms with E-state index < -0.39 is 28.8 Å². The predicted octanol–water partition coefficient (Wildman–Crippen LogP) is 3.01. The summed E-state index contributed by atoms with van der Waals surface area (Å²) < 4.78 is 37.3. The zero-order valence-corrected chi connectivity index (χ0v) is 10.1. The number of hydrogen-bond acceptors (Lipinski definition) is 3. The highest BCUT2D eigenvalue weighted by Crippen LogP contribution is 2.31. The first-order chi connectivity index (χ1) is 8.00. The fourth-order valence-corrected chi connectivity index (χ4v) is 1.24. The molecular weight excluding hydrogens is 249 g/mol. The molecule has 0 radical (unpaired) electrons. The number of carboxylic acids is 1. The molecule has 0 unspecified atom stereocenters. The predicted molar refractivity (Wildman–Crippen MR) is 59.6 cm³/mol. The molecule has 0 amide bonds. The minimum Gasteiger partial charge on any atom is -0.478 e. The van der Waals surface area contributed by atoms with E-state index in [0.717, 1.165) is 0 Å². The van der Waals surface area contributed by atoms with Crippen LogP contribution in [-0.4, -0.2) is 21.6 Å². The van der Waals surface area contributed by atoms with Crippen LogP contribution >= 0.6 is 0 Å². The molecule has 0 aromatic carbocycles. The Bertz CT molecular complexity index is 464. The Kier molecular flexibility index (Phi) is 3.54. The number of hydrogen-bond donors (Lipinski definition) is 2. The molecule has 18 heavy (non-hydrogen) atoms. The number of aromatic nitrogens is 1. The maximum absolute atomic E-state index is 12.4. The number of alkyl halides is 3. The molecule has 2 N–H and O–H groups in total. The Morgan fingerprint density at radius 2 is 1.89 bits per heavy atom. The van der Waals surface area contributed by atoms with Crippen LogP contribution in [0.4, 0.5) is 19.0 Å². The van der Waals surface area contributed by atoms with E-state index in [1.54, 1.807) is 20.8 Å². The number of nitrogens with zero attached hydrogens (tertiary/aromatic N) is 1. The average Bonchev–Trinajstić information content (AvgIpc) is 2.13. The van der Waals surface area contributed by atoms with Crippen molar-refractivity contribution in [2.24, 2.45) is 0 Å². The topological polar surface area (TPSA) is 62.2 Å². The highest BCUT2D eigenvalue weighted by atomic mass is 19.4. The molecule has 0 spiro atoms. The maximum Gasteiger partial charge on any atom is 0.417 e. The number of nitrogens with one attached hydrogen (secondary N) is 1. The summed E-state index contributed by atoms with van der Waals surface area (Å²) >= 11 is 0. The molecule has 0 aliphatic rings. The third-order valence-electron chi connectivity index (χ3n) is 1.94. The summed E-state index contributed by atoms with van der Waals surface area (Å²) in [5.41, 5.74) is -2.09. The number of carboxylic acid groups (broad SMARTS) is 1. The third-order valence-corrected chi connectivity index (χ3v) is 1.94. The standard InChI is InChI=1S/C11H13F3N2O2/c1-10(2,3)16-8-7(9(17)18)4-6(5-15-8)11(12,13)14/h4-5H,1-3H3,(H,15,16)(H,17,18). The van der Waals surface area contributed by atoms with Gasteiger partial charge in [-0.3, -0.25) is 0 Å². The quantitative estimate of drug-likeness (QED) is 0.860. The largest absolute Gasteiger partial charge is 0.478 e. The number of rotatable bonds is 2. The second-order valence-corrected chi connectivity index (χ2v) is 4.80. The van der Waals surface area contributed by atoms with Crippen LogP contribution in [0.25, 0.3) is 0 Å². The molecular formula is C11H13F3N2O2. The number of aromatic carboxylic acids is 1. The monoisotopic (exact) mass is 262 g/mol. The molecule has 7 heteroatoms. The van der Waals surface area contributed by atoms with Gasteiger partial charge in [0, 0.05) is 11.7 Å². The Hall–Kier alpha value is -1.79. The van der Waals surface area contributed by atoms with Crippen LogP contribution in [0, 0.1) is 0 Å². The SMILES string of the molecule is CC(C)(C)Nc1ncc(C(F)(F)F)cc1C(=O)O. The van der Waals surface area contributed by atoms with E-state index in [1.165, 1.54) is 0 Å². The highest BCUT2D eigenvalue weighted by molar-refractivity contribution is 5.93. The summed E-state index contributed by atoms with van der Waals surface area (Å²) in [5.74, 6) is -1.54. The first-order valence-corrected chi connectivity index (χ1v) is 5.09. The Morgan fingerprint density at radius 1 is 1.33 bits per heavy atom. The lowest BCUT2D eigenvalue weighted by molar-refractivity contribution is -0.137. The molecule has 4 nitrogen and oxygen atoms in total. The molecule has 1 rings (SSSR count). The molecule has 1 aromatic heterocycles. The normalized spacial score (nSPS) is 12.3. The van der Waals surface area contributed by atoms with Crippen molar-refractivity contribution in [3.05, 3.63) is 23.4 Å². The molecule has 1 heterocycles. The van der Waals surface area contributed by atoms with Crippen LogP contribution in [0.1, 0.15) is 36.7 Å². The van der Waals surface area contributed by atoms with Gasteiger partial charge in [0.05, 0.1) is 5.56 Å². The van der Waals surface area contributed by atoms with Crippen molar-refractivity contribution in [1.29, 1.82) is 0 Å². The first kappa shape index (κ1) is 14.3. The summed E-state index contributed by atoms with van der Waals surface area (Å²) in [7, 11) is 0. The minimum atomic E-state index is -4.61. The van der Waals surface area contributed by atoms with Gasteiger partial charge < -0.3 is 10.4 Å². The molecule has 0 saturated carbocycles. The van der Waals surface area contributed by atoms with E-state index in [1.807, 2.05) is 0 Å². The van der Waals surface area contributed by atoms with E-state index in [-0.39, 0.29) is 5.82 Å². The van der Waals surface area contributed by atoms with E-state index >= 15 is 0 Å². The minimum absolute atomic E-state index is 0.0806. The van der Waals surface area contributed by atoms with Crippen LogP contribution in [0.2, 0.25) is 0 Å². The number of pyridine rings is 1. The van der Waals surface area contributed by atoms with E-state index in [0.29, 0.717) is 12.3 Å². The van der Waals surface area contributed by atoms with Crippen LogP contribution in [0.5, 0.6) is 0 Å². The van der Waals surface area contributed by atoms with Gasteiger partial charge in [-0.25, -0.2) is 9.78 Å². The molecule has 0 aliphatic heterocycles. The van der Waals surface area contributed by atoms with Gasteiger partial charge in [0.2, 0.25) is 0 Å². The molecule has 0 aliphatic carbocycles. The van der Waals surface area contributed by atoms with Gasteiger partial charge in [-0.2, -0.15) is 13.2 Å². The second kappa shape index (κ2) is 4.47. The number of carbonyl (C=O) groups is 1. The smallest absolute Gasteiger partial charge is 0.417 e. The highest BCUT2D eigenvalue weighted by Gasteiger charge is 2.32. The molecule has 0 fully saturated rings. The van der Waals surface area contributed by atoms with Crippen molar-refractivity contribution in [2.45, 2.75) is 32.5 Å². The van der Waals surface area contributed by atoms with Gasteiger partial charge in [0.15, 0.2) is 0 Å².